The third-order valence-electron chi connectivity index (χ3n) is 4.01. The van der Waals surface area contributed by atoms with Crippen LogP contribution in [0.2, 0.25) is 0 Å². The van der Waals surface area contributed by atoms with Crippen molar-refractivity contribution in [3.05, 3.63) is 78.4 Å². The van der Waals surface area contributed by atoms with Crippen LogP contribution in [-0.2, 0) is 6.18 Å². The molecule has 1 N–H and O–H groups in total. The summed E-state index contributed by atoms with van der Waals surface area (Å²) in [5, 5.41) is 6.25. The lowest BCUT2D eigenvalue weighted by Crippen LogP contribution is -2.20. The first-order chi connectivity index (χ1) is 13.4. The standard InChI is InChI=1S/C19H12F3N5O/c20-19(21,22)17-14(11-25-27(17)13-4-2-1-3-5-13)18(28)26-12-6-7-15-16(10-12)24-9-8-23-15/h1-11H,(H,26,28). The fraction of sp³-hybridized carbons (Fsp3) is 0.0526. The number of halogens is 3. The molecule has 0 fully saturated rings. The van der Waals surface area contributed by atoms with Crippen molar-refractivity contribution in [2.75, 3.05) is 5.32 Å². The highest BCUT2D eigenvalue weighted by atomic mass is 19.4. The summed E-state index contributed by atoms with van der Waals surface area (Å²) >= 11 is 0. The number of nitrogens with zero attached hydrogens (tertiary/aromatic N) is 4. The lowest BCUT2D eigenvalue weighted by molar-refractivity contribution is -0.143. The number of hydrogen-bond acceptors (Lipinski definition) is 4. The summed E-state index contributed by atoms with van der Waals surface area (Å²) in [4.78, 5) is 20.8. The quantitative estimate of drug-likeness (QED) is 0.578. The molecular formula is C19H12F3N5O. The van der Waals surface area contributed by atoms with Crippen LogP contribution in [0.25, 0.3) is 16.7 Å². The number of anilines is 1. The van der Waals surface area contributed by atoms with Gasteiger partial charge in [-0.2, -0.15) is 18.3 Å². The fourth-order valence-electron chi connectivity index (χ4n) is 2.79. The zero-order valence-corrected chi connectivity index (χ0v) is 14.2. The minimum Gasteiger partial charge on any atom is -0.322 e. The molecule has 4 rings (SSSR count). The number of aromatic nitrogens is 4. The molecule has 1 amide bonds. The van der Waals surface area contributed by atoms with E-state index in [2.05, 4.69) is 20.4 Å². The number of rotatable bonds is 3. The molecule has 6 nitrogen and oxygen atoms in total. The first-order valence-corrected chi connectivity index (χ1v) is 8.16. The van der Waals surface area contributed by atoms with Gasteiger partial charge in [0.25, 0.3) is 5.91 Å². The highest BCUT2D eigenvalue weighted by Crippen LogP contribution is 2.34. The van der Waals surface area contributed by atoms with Crippen molar-refractivity contribution in [1.29, 1.82) is 0 Å². The summed E-state index contributed by atoms with van der Waals surface area (Å²) in [6.45, 7) is 0. The van der Waals surface area contributed by atoms with E-state index in [0.29, 0.717) is 21.4 Å². The van der Waals surface area contributed by atoms with Crippen molar-refractivity contribution < 1.29 is 18.0 Å². The summed E-state index contributed by atoms with van der Waals surface area (Å²) in [6.07, 6.45) is -0.854. The SMILES string of the molecule is O=C(Nc1ccc2nccnc2c1)c1cnn(-c2ccccc2)c1C(F)(F)F. The average molecular weight is 383 g/mol. The molecule has 0 radical (unpaired) electrons. The predicted molar refractivity (Wildman–Crippen MR) is 96.1 cm³/mol. The minimum absolute atomic E-state index is 0.204. The maximum atomic E-state index is 13.7. The lowest BCUT2D eigenvalue weighted by Gasteiger charge is -2.13. The van der Waals surface area contributed by atoms with Crippen molar-refractivity contribution in [2.45, 2.75) is 6.18 Å². The van der Waals surface area contributed by atoms with Gasteiger partial charge in [-0.1, -0.05) is 18.2 Å². The first-order valence-electron chi connectivity index (χ1n) is 8.16. The van der Waals surface area contributed by atoms with Crippen LogP contribution in [0, 0.1) is 0 Å². The molecular weight excluding hydrogens is 371 g/mol. The van der Waals surface area contributed by atoms with Gasteiger partial charge in [0.15, 0.2) is 5.69 Å². The van der Waals surface area contributed by atoms with Gasteiger partial charge < -0.3 is 5.32 Å². The van der Waals surface area contributed by atoms with Crippen molar-refractivity contribution in [1.82, 2.24) is 19.7 Å². The number of hydrogen-bond donors (Lipinski definition) is 1. The Morgan fingerprint density at radius 1 is 0.964 bits per heavy atom. The Kier molecular flexibility index (Phi) is 4.26. The van der Waals surface area contributed by atoms with Crippen LogP contribution >= 0.6 is 0 Å². The zero-order valence-electron chi connectivity index (χ0n) is 14.2. The number of carbonyl (C=O) groups excluding carboxylic acids is 1. The number of benzene rings is 2. The lowest BCUT2D eigenvalue weighted by atomic mass is 10.2. The molecule has 2 heterocycles. The van der Waals surface area contributed by atoms with Crippen LogP contribution in [0.1, 0.15) is 16.1 Å². The van der Waals surface area contributed by atoms with E-state index in [1.54, 1.807) is 30.3 Å². The summed E-state index contributed by atoms with van der Waals surface area (Å²) in [5.74, 6) is -0.919. The van der Waals surface area contributed by atoms with Crippen molar-refractivity contribution in [3.8, 4) is 5.69 Å². The molecule has 0 saturated carbocycles. The Labute approximate surface area is 156 Å². The van der Waals surface area contributed by atoms with Gasteiger partial charge in [0.05, 0.1) is 28.5 Å². The highest BCUT2D eigenvalue weighted by molar-refractivity contribution is 6.05. The summed E-state index contributed by atoms with van der Waals surface area (Å²) in [7, 11) is 0. The van der Waals surface area contributed by atoms with E-state index < -0.39 is 23.3 Å². The summed E-state index contributed by atoms with van der Waals surface area (Å²) < 4.78 is 41.7. The van der Waals surface area contributed by atoms with E-state index in [1.165, 1.54) is 30.6 Å². The molecule has 0 aliphatic rings. The van der Waals surface area contributed by atoms with E-state index >= 15 is 0 Å². The van der Waals surface area contributed by atoms with E-state index in [9.17, 15) is 18.0 Å². The molecule has 0 aliphatic heterocycles. The second-order valence-corrected chi connectivity index (χ2v) is 5.87. The third kappa shape index (κ3) is 3.29. The van der Waals surface area contributed by atoms with Gasteiger partial charge in [0, 0.05) is 18.1 Å². The summed E-state index contributed by atoms with van der Waals surface area (Å²) in [5.41, 5.74) is -0.0921. The maximum Gasteiger partial charge on any atom is 0.434 e. The van der Waals surface area contributed by atoms with E-state index in [0.717, 1.165) is 6.20 Å². The van der Waals surface area contributed by atoms with Gasteiger partial charge in [-0.3, -0.25) is 14.8 Å². The number of fused-ring (bicyclic) bond motifs is 1. The molecule has 0 aliphatic carbocycles. The van der Waals surface area contributed by atoms with Crippen molar-refractivity contribution >= 4 is 22.6 Å². The fourth-order valence-corrected chi connectivity index (χ4v) is 2.79. The largest absolute Gasteiger partial charge is 0.434 e. The Morgan fingerprint density at radius 3 is 2.39 bits per heavy atom. The van der Waals surface area contributed by atoms with Crippen LogP contribution < -0.4 is 5.32 Å². The normalized spacial score (nSPS) is 11.5. The number of amides is 1. The first kappa shape index (κ1) is 17.7. The highest BCUT2D eigenvalue weighted by Gasteiger charge is 2.40. The maximum absolute atomic E-state index is 13.7. The molecule has 0 spiro atoms. The van der Waals surface area contributed by atoms with E-state index in [4.69, 9.17) is 0 Å². The molecule has 2 aromatic heterocycles. The molecule has 0 unspecified atom stereocenters. The number of nitrogens with one attached hydrogen (secondary N) is 1. The Balaban J connectivity index is 1.71. The second kappa shape index (κ2) is 6.76. The molecule has 0 saturated heterocycles. The van der Waals surface area contributed by atoms with Crippen LogP contribution in [-0.4, -0.2) is 25.7 Å². The second-order valence-electron chi connectivity index (χ2n) is 5.87. The minimum atomic E-state index is -4.77. The smallest absolute Gasteiger partial charge is 0.322 e. The van der Waals surface area contributed by atoms with Gasteiger partial charge >= 0.3 is 6.18 Å². The number of para-hydroxylation sites is 1. The molecule has 0 bridgehead atoms. The predicted octanol–water partition coefficient (Wildman–Crippen LogP) is 4.09. The van der Waals surface area contributed by atoms with Gasteiger partial charge in [0.1, 0.15) is 0 Å². The van der Waals surface area contributed by atoms with Crippen molar-refractivity contribution in [3.63, 3.8) is 0 Å². The van der Waals surface area contributed by atoms with Crippen LogP contribution in [0.15, 0.2) is 67.1 Å². The zero-order chi connectivity index (χ0) is 19.7. The van der Waals surface area contributed by atoms with Gasteiger partial charge in [-0.15, -0.1) is 0 Å². The monoisotopic (exact) mass is 383 g/mol. The molecule has 9 heteroatoms. The Hall–Kier alpha value is -3.75. The molecule has 2 aromatic carbocycles. The molecule has 0 atom stereocenters. The topological polar surface area (TPSA) is 72.7 Å². The van der Waals surface area contributed by atoms with Crippen molar-refractivity contribution in [2.24, 2.45) is 0 Å². The van der Waals surface area contributed by atoms with Crippen LogP contribution in [0.4, 0.5) is 18.9 Å². The summed E-state index contributed by atoms with van der Waals surface area (Å²) in [6, 6.07) is 12.5. The van der Waals surface area contributed by atoms with Gasteiger partial charge in [-0.25, -0.2) is 4.68 Å². The average Bonchev–Trinajstić information content (AvgIpc) is 3.14. The number of alkyl halides is 3. The van der Waals surface area contributed by atoms with E-state index in [1.807, 2.05) is 0 Å². The Morgan fingerprint density at radius 2 is 1.68 bits per heavy atom. The Bertz CT molecular complexity index is 1160. The van der Waals surface area contributed by atoms with Crippen LogP contribution in [0.3, 0.4) is 0 Å². The van der Waals surface area contributed by atoms with E-state index in [-0.39, 0.29) is 5.69 Å². The van der Waals surface area contributed by atoms with Crippen LogP contribution in [0.5, 0.6) is 0 Å². The molecule has 140 valence electrons. The molecule has 28 heavy (non-hydrogen) atoms. The van der Waals surface area contributed by atoms with Gasteiger partial charge in [0.2, 0.25) is 0 Å². The van der Waals surface area contributed by atoms with Gasteiger partial charge in [-0.05, 0) is 30.3 Å². The molecule has 4 aromatic rings. The third-order valence-corrected chi connectivity index (χ3v) is 4.01. The number of carbonyl (C=O) groups is 1.